The summed E-state index contributed by atoms with van der Waals surface area (Å²) in [5.41, 5.74) is 1.82. The summed E-state index contributed by atoms with van der Waals surface area (Å²) in [5.74, 6) is -0.728. The van der Waals surface area contributed by atoms with Gasteiger partial charge in [0.15, 0.2) is 9.84 Å². The minimum Gasteiger partial charge on any atom is -0.369 e. The van der Waals surface area contributed by atoms with E-state index < -0.39 is 27.5 Å². The highest BCUT2D eigenvalue weighted by Crippen LogP contribution is 2.47. The van der Waals surface area contributed by atoms with E-state index in [4.69, 9.17) is 4.98 Å². The van der Waals surface area contributed by atoms with Gasteiger partial charge in [-0.15, -0.1) is 11.3 Å². The normalized spacial score (nSPS) is 26.4. The number of benzene rings is 1. The van der Waals surface area contributed by atoms with Crippen LogP contribution in [0.2, 0.25) is 0 Å². The number of alkyl halides is 1. The van der Waals surface area contributed by atoms with Crippen LogP contribution in [0.5, 0.6) is 0 Å². The van der Waals surface area contributed by atoms with Gasteiger partial charge in [-0.3, -0.25) is 4.79 Å². The first-order chi connectivity index (χ1) is 17.9. The highest BCUT2D eigenvalue weighted by atomic mass is 32.2. The number of anilines is 1. The second-order valence-corrected chi connectivity index (χ2v) is 15.3. The predicted molar refractivity (Wildman–Crippen MR) is 148 cm³/mol. The number of nitriles is 1. The van der Waals surface area contributed by atoms with Gasteiger partial charge < -0.3 is 10.2 Å². The zero-order valence-corrected chi connectivity index (χ0v) is 23.8. The van der Waals surface area contributed by atoms with Gasteiger partial charge in [0.2, 0.25) is 5.91 Å². The smallest absolute Gasteiger partial charge is 0.225 e. The molecule has 3 aliphatic rings. The van der Waals surface area contributed by atoms with Gasteiger partial charge in [0, 0.05) is 36.0 Å². The molecule has 10 heteroatoms. The maximum atomic E-state index is 14.6. The lowest BCUT2D eigenvalue weighted by atomic mass is 9.75. The van der Waals surface area contributed by atoms with E-state index >= 15 is 0 Å². The third-order valence-corrected chi connectivity index (χ3v) is 11.1. The maximum Gasteiger partial charge on any atom is 0.225 e. The molecule has 0 bridgehead atoms. The van der Waals surface area contributed by atoms with E-state index in [1.54, 1.807) is 11.3 Å². The molecule has 2 heterocycles. The van der Waals surface area contributed by atoms with E-state index in [1.807, 2.05) is 24.3 Å². The van der Waals surface area contributed by atoms with Gasteiger partial charge in [-0.05, 0) is 49.8 Å². The Labute approximate surface area is 228 Å². The van der Waals surface area contributed by atoms with Gasteiger partial charge in [-0.1, -0.05) is 32.9 Å². The Hall–Kier alpha value is -2.51. The van der Waals surface area contributed by atoms with Gasteiger partial charge in [0.1, 0.15) is 11.7 Å². The van der Waals surface area contributed by atoms with Crippen molar-refractivity contribution in [2.24, 2.45) is 5.92 Å². The SMILES string of the molecule is CC(C)(C)c1nc(C2CCC(F)CC2C(=O)NC2(C#N)CC2)c(-c2ccc(N3CCS(=O)(=O)CC3)cc2)s1. The molecule has 5 rings (SSSR count). The molecule has 2 aliphatic carbocycles. The molecule has 2 aromatic rings. The number of nitrogens with zero attached hydrogens (tertiary/aromatic N) is 3. The van der Waals surface area contributed by atoms with E-state index in [2.05, 4.69) is 37.1 Å². The summed E-state index contributed by atoms with van der Waals surface area (Å²) in [4.78, 5) is 21.5. The van der Waals surface area contributed by atoms with Crippen molar-refractivity contribution in [1.29, 1.82) is 5.26 Å². The molecule has 0 radical (unpaired) electrons. The van der Waals surface area contributed by atoms with E-state index in [0.29, 0.717) is 38.8 Å². The van der Waals surface area contributed by atoms with Crippen LogP contribution in [-0.2, 0) is 20.0 Å². The number of nitrogens with one attached hydrogen (secondary N) is 1. The number of rotatable bonds is 5. The Balaban J connectivity index is 1.47. The number of sulfone groups is 1. The van der Waals surface area contributed by atoms with Crippen LogP contribution < -0.4 is 10.2 Å². The average molecular weight is 559 g/mol. The van der Waals surface area contributed by atoms with Crippen LogP contribution in [0.25, 0.3) is 10.4 Å². The zero-order chi connectivity index (χ0) is 27.3. The van der Waals surface area contributed by atoms with Crippen LogP contribution in [0.15, 0.2) is 24.3 Å². The summed E-state index contributed by atoms with van der Waals surface area (Å²) in [7, 11) is -2.96. The fraction of sp³-hybridized carbons (Fsp3) is 0.607. The molecular formula is C28H35FN4O3S2. The number of amides is 1. The molecule has 1 aromatic heterocycles. The second-order valence-electron chi connectivity index (χ2n) is 12.0. The lowest BCUT2D eigenvalue weighted by Gasteiger charge is -2.33. The number of hydrogen-bond donors (Lipinski definition) is 1. The lowest BCUT2D eigenvalue weighted by Crippen LogP contribution is -2.44. The summed E-state index contributed by atoms with van der Waals surface area (Å²) in [6.45, 7) is 7.29. The zero-order valence-electron chi connectivity index (χ0n) is 22.2. The Kier molecular flexibility index (Phi) is 7.06. The first-order valence-electron chi connectivity index (χ1n) is 13.3. The molecule has 204 valence electrons. The topological polar surface area (TPSA) is 103 Å². The molecule has 38 heavy (non-hydrogen) atoms. The van der Waals surface area contributed by atoms with Crippen molar-refractivity contribution in [3.63, 3.8) is 0 Å². The summed E-state index contributed by atoms with van der Waals surface area (Å²) < 4.78 is 38.3. The van der Waals surface area contributed by atoms with Crippen LogP contribution in [0.4, 0.5) is 10.1 Å². The minimum absolute atomic E-state index is 0.136. The highest BCUT2D eigenvalue weighted by molar-refractivity contribution is 7.91. The van der Waals surface area contributed by atoms with Gasteiger partial charge in [0.05, 0.1) is 33.2 Å². The van der Waals surface area contributed by atoms with Crippen LogP contribution in [0.3, 0.4) is 0 Å². The minimum atomic E-state index is -2.96. The van der Waals surface area contributed by atoms with Crippen molar-refractivity contribution >= 4 is 32.8 Å². The van der Waals surface area contributed by atoms with Crippen molar-refractivity contribution < 1.29 is 17.6 Å². The van der Waals surface area contributed by atoms with Crippen molar-refractivity contribution in [2.45, 2.75) is 75.9 Å². The molecule has 2 saturated carbocycles. The van der Waals surface area contributed by atoms with E-state index in [1.165, 1.54) is 0 Å². The molecule has 1 amide bonds. The largest absolute Gasteiger partial charge is 0.369 e. The van der Waals surface area contributed by atoms with E-state index in [9.17, 15) is 22.9 Å². The summed E-state index contributed by atoms with van der Waals surface area (Å²) in [6.07, 6.45) is 1.27. The summed E-state index contributed by atoms with van der Waals surface area (Å²) in [5, 5.41) is 13.4. The fourth-order valence-electron chi connectivity index (χ4n) is 5.36. The Morgan fingerprint density at radius 1 is 1.18 bits per heavy atom. The number of carbonyl (C=O) groups is 1. The van der Waals surface area contributed by atoms with Crippen molar-refractivity contribution in [2.75, 3.05) is 29.5 Å². The second kappa shape index (κ2) is 9.91. The number of carbonyl (C=O) groups excluding carboxylic acids is 1. The van der Waals surface area contributed by atoms with Crippen LogP contribution >= 0.6 is 11.3 Å². The lowest BCUT2D eigenvalue weighted by molar-refractivity contribution is -0.128. The van der Waals surface area contributed by atoms with Crippen LogP contribution in [0, 0.1) is 17.2 Å². The third-order valence-electron chi connectivity index (χ3n) is 7.93. The standard InChI is InChI=1S/C28H35FN4O3S2/c1-27(2,3)26-31-23(21-9-6-19(29)16-22(21)25(34)32-28(17-30)10-11-28)24(37-26)18-4-7-20(8-5-18)33-12-14-38(35,36)15-13-33/h4-5,7-8,19,21-22H,6,9-16H2,1-3H3,(H,32,34). The number of thiazole rings is 1. The molecule has 1 aromatic carbocycles. The molecular weight excluding hydrogens is 523 g/mol. The van der Waals surface area contributed by atoms with Gasteiger partial charge in [-0.25, -0.2) is 17.8 Å². The van der Waals surface area contributed by atoms with Crippen LogP contribution in [-0.4, -0.2) is 55.6 Å². The summed E-state index contributed by atoms with van der Waals surface area (Å²) in [6, 6.07) is 10.3. The number of aromatic nitrogens is 1. The first kappa shape index (κ1) is 27.1. The van der Waals surface area contributed by atoms with Gasteiger partial charge in [-0.2, -0.15) is 5.26 Å². The molecule has 1 saturated heterocycles. The van der Waals surface area contributed by atoms with E-state index in [0.717, 1.165) is 26.8 Å². The van der Waals surface area contributed by atoms with Gasteiger partial charge in [0.25, 0.3) is 0 Å². The van der Waals surface area contributed by atoms with Crippen molar-refractivity contribution in [1.82, 2.24) is 10.3 Å². The highest BCUT2D eigenvalue weighted by Gasteiger charge is 2.48. The van der Waals surface area contributed by atoms with E-state index in [-0.39, 0.29) is 35.2 Å². The summed E-state index contributed by atoms with van der Waals surface area (Å²) >= 11 is 1.62. The Morgan fingerprint density at radius 2 is 1.84 bits per heavy atom. The Bertz CT molecular complexity index is 1340. The number of halogens is 1. The fourth-order valence-corrected chi connectivity index (χ4v) is 7.76. The molecule has 3 unspecified atom stereocenters. The quantitative estimate of drug-likeness (QED) is 0.569. The molecule has 7 nitrogen and oxygen atoms in total. The molecule has 1 N–H and O–H groups in total. The monoisotopic (exact) mass is 558 g/mol. The van der Waals surface area contributed by atoms with Crippen molar-refractivity contribution in [3.8, 4) is 16.5 Å². The van der Waals surface area contributed by atoms with Crippen LogP contribution in [0.1, 0.15) is 69.5 Å². The predicted octanol–water partition coefficient (Wildman–Crippen LogP) is 4.74. The average Bonchev–Trinajstić information content (AvgIpc) is 3.49. The number of hydrogen-bond acceptors (Lipinski definition) is 7. The Morgan fingerprint density at radius 3 is 2.42 bits per heavy atom. The molecule has 3 atom stereocenters. The molecule has 0 spiro atoms. The molecule has 1 aliphatic heterocycles. The maximum absolute atomic E-state index is 14.6. The third kappa shape index (κ3) is 5.59. The first-order valence-corrected chi connectivity index (χ1v) is 16.0. The van der Waals surface area contributed by atoms with Crippen molar-refractivity contribution in [3.05, 3.63) is 35.0 Å². The molecule has 3 fully saturated rings. The van der Waals surface area contributed by atoms with Gasteiger partial charge >= 0.3 is 0 Å².